The Hall–Kier alpha value is -3.20. The van der Waals surface area contributed by atoms with Crippen molar-refractivity contribution in [2.45, 2.75) is 0 Å². The molecule has 0 aliphatic rings. The van der Waals surface area contributed by atoms with Crippen LogP contribution < -0.4 is 10.5 Å². The number of nitriles is 1. The van der Waals surface area contributed by atoms with E-state index in [1.165, 1.54) is 6.07 Å². The second kappa shape index (κ2) is 4.72. The van der Waals surface area contributed by atoms with E-state index >= 15 is 0 Å². The summed E-state index contributed by atoms with van der Waals surface area (Å²) in [5, 5.41) is 19.1. The molecular weight excluding hydrogens is 270 g/mol. The Balaban J connectivity index is 2.40. The van der Waals surface area contributed by atoms with E-state index in [0.717, 1.165) is 0 Å². The fourth-order valence-corrected chi connectivity index (χ4v) is 2.47. The van der Waals surface area contributed by atoms with Crippen LogP contribution >= 0.6 is 0 Å². The summed E-state index contributed by atoms with van der Waals surface area (Å²) in [4.78, 5) is 11.7. The Morgan fingerprint density at radius 3 is 2.90 bits per heavy atom. The van der Waals surface area contributed by atoms with Crippen LogP contribution in [-0.2, 0) is 0 Å². The molecule has 6 heteroatoms. The number of carbonyl (C=O) groups excluding carboxylic acids is 1. The lowest BCUT2D eigenvalue weighted by molar-refractivity contribution is 0.100. The number of fused-ring (bicyclic) bond motifs is 3. The lowest BCUT2D eigenvalue weighted by Crippen LogP contribution is -2.10. The summed E-state index contributed by atoms with van der Waals surface area (Å²) >= 11 is 0. The van der Waals surface area contributed by atoms with Crippen molar-refractivity contribution >= 4 is 22.3 Å². The quantitative estimate of drug-likeness (QED) is 0.764. The third kappa shape index (κ3) is 1.92. The molecule has 0 bridgehead atoms. The van der Waals surface area contributed by atoms with E-state index in [2.05, 4.69) is 0 Å². The van der Waals surface area contributed by atoms with Gasteiger partial charge in [0.25, 0.3) is 5.91 Å². The molecule has 0 aliphatic carbocycles. The average Bonchev–Trinajstić information content (AvgIpc) is 2.80. The second-order valence-corrected chi connectivity index (χ2v) is 4.48. The summed E-state index contributed by atoms with van der Waals surface area (Å²) < 4.78 is 6.96. The molecule has 1 aromatic carbocycles. The number of hydrogen-bond donors (Lipinski definition) is 2. The van der Waals surface area contributed by atoms with Gasteiger partial charge in [-0.1, -0.05) is 6.07 Å². The monoisotopic (exact) mass is 281 g/mol. The highest BCUT2D eigenvalue weighted by Crippen LogP contribution is 2.36. The molecule has 0 radical (unpaired) electrons. The molecule has 0 unspecified atom stereocenters. The number of amides is 1. The number of benzene rings is 1. The van der Waals surface area contributed by atoms with Crippen LogP contribution in [0.15, 0.2) is 36.5 Å². The molecule has 6 nitrogen and oxygen atoms in total. The number of aromatic nitrogens is 1. The van der Waals surface area contributed by atoms with Crippen LogP contribution in [0.1, 0.15) is 10.4 Å². The Kier molecular flexibility index (Phi) is 2.88. The minimum atomic E-state index is -0.616. The van der Waals surface area contributed by atoms with Gasteiger partial charge in [-0.3, -0.25) is 4.79 Å². The number of nitrogens with zero attached hydrogens (tertiary/aromatic N) is 2. The number of primary amides is 1. The third-order valence-corrected chi connectivity index (χ3v) is 3.25. The predicted octanol–water partition coefficient (Wildman–Crippen LogP) is 1.80. The van der Waals surface area contributed by atoms with Crippen molar-refractivity contribution in [3.8, 4) is 17.6 Å². The zero-order valence-corrected chi connectivity index (χ0v) is 10.9. The lowest BCUT2D eigenvalue weighted by Gasteiger charge is -2.04. The second-order valence-electron chi connectivity index (χ2n) is 4.48. The van der Waals surface area contributed by atoms with Gasteiger partial charge in [0.1, 0.15) is 17.6 Å². The number of ether oxygens (including phenoxy) is 1. The molecule has 0 saturated heterocycles. The smallest absolute Gasteiger partial charge is 0.251 e. The van der Waals surface area contributed by atoms with Gasteiger partial charge in [0.15, 0.2) is 6.61 Å². The largest absolute Gasteiger partial charge is 0.507 e. The molecule has 0 spiro atoms. The number of carbonyl (C=O) groups is 1. The van der Waals surface area contributed by atoms with Gasteiger partial charge in [-0.25, -0.2) is 0 Å². The van der Waals surface area contributed by atoms with Crippen LogP contribution in [0.3, 0.4) is 0 Å². The Labute approximate surface area is 119 Å². The highest BCUT2D eigenvalue weighted by molar-refractivity contribution is 6.15. The summed E-state index contributed by atoms with van der Waals surface area (Å²) in [7, 11) is 0. The molecule has 3 rings (SSSR count). The maximum absolute atomic E-state index is 11.7. The zero-order chi connectivity index (χ0) is 15.0. The normalized spacial score (nSPS) is 10.6. The van der Waals surface area contributed by atoms with Gasteiger partial charge in [0.2, 0.25) is 0 Å². The fraction of sp³-hybridized carbons (Fsp3) is 0.0667. The van der Waals surface area contributed by atoms with Crippen molar-refractivity contribution in [3.63, 3.8) is 0 Å². The van der Waals surface area contributed by atoms with Crippen LogP contribution in [-0.4, -0.2) is 22.0 Å². The predicted molar refractivity (Wildman–Crippen MR) is 76.2 cm³/mol. The minimum Gasteiger partial charge on any atom is -0.507 e. The van der Waals surface area contributed by atoms with E-state index in [0.29, 0.717) is 22.2 Å². The molecule has 104 valence electrons. The highest BCUT2D eigenvalue weighted by atomic mass is 16.5. The van der Waals surface area contributed by atoms with Crippen molar-refractivity contribution in [1.29, 1.82) is 5.26 Å². The van der Waals surface area contributed by atoms with Crippen molar-refractivity contribution < 1.29 is 14.6 Å². The van der Waals surface area contributed by atoms with Crippen LogP contribution in [0.25, 0.3) is 16.4 Å². The van der Waals surface area contributed by atoms with E-state index in [1.54, 1.807) is 34.9 Å². The number of phenols is 1. The van der Waals surface area contributed by atoms with E-state index in [-0.39, 0.29) is 17.9 Å². The standard InChI is InChI=1S/C15H11N3O3/c16-4-6-21-9-7-11-13(12(19)8-9)14(15(17)20)10-3-1-2-5-18(10)11/h1-3,5,7-8,19H,6H2,(H2,17,20). The topological polar surface area (TPSA) is 101 Å². The van der Waals surface area contributed by atoms with Gasteiger partial charge in [0.05, 0.1) is 22.0 Å². The third-order valence-electron chi connectivity index (χ3n) is 3.25. The average molecular weight is 281 g/mol. The van der Waals surface area contributed by atoms with Gasteiger partial charge in [0, 0.05) is 18.3 Å². The number of aromatic hydroxyl groups is 1. The van der Waals surface area contributed by atoms with Gasteiger partial charge < -0.3 is 20.0 Å². The molecule has 3 aromatic rings. The molecule has 0 saturated carbocycles. The summed E-state index contributed by atoms with van der Waals surface area (Å²) in [6.45, 7) is -0.128. The summed E-state index contributed by atoms with van der Waals surface area (Å²) in [6.07, 6.45) is 1.76. The first-order valence-electron chi connectivity index (χ1n) is 6.19. The minimum absolute atomic E-state index is 0.113. The van der Waals surface area contributed by atoms with Crippen LogP contribution in [0.5, 0.6) is 11.5 Å². The lowest BCUT2D eigenvalue weighted by atomic mass is 10.1. The molecule has 0 fully saturated rings. The van der Waals surface area contributed by atoms with E-state index < -0.39 is 5.91 Å². The van der Waals surface area contributed by atoms with E-state index in [4.69, 9.17) is 15.7 Å². The van der Waals surface area contributed by atoms with Crippen molar-refractivity contribution in [2.75, 3.05) is 6.61 Å². The SMILES string of the molecule is N#CCOc1cc(O)c2c(C(N)=O)c3ccccn3c2c1. The van der Waals surface area contributed by atoms with Crippen LogP contribution in [0.4, 0.5) is 0 Å². The van der Waals surface area contributed by atoms with Crippen molar-refractivity contribution in [3.05, 3.63) is 42.1 Å². The van der Waals surface area contributed by atoms with Gasteiger partial charge in [-0.05, 0) is 12.1 Å². The first-order chi connectivity index (χ1) is 10.1. The zero-order valence-electron chi connectivity index (χ0n) is 10.9. The number of nitrogens with two attached hydrogens (primary N) is 1. The highest BCUT2D eigenvalue weighted by Gasteiger charge is 2.19. The maximum Gasteiger partial charge on any atom is 0.251 e. The Morgan fingerprint density at radius 2 is 2.19 bits per heavy atom. The molecule has 1 amide bonds. The number of hydrogen-bond acceptors (Lipinski definition) is 4. The van der Waals surface area contributed by atoms with Gasteiger partial charge in [-0.2, -0.15) is 5.26 Å². The van der Waals surface area contributed by atoms with Crippen LogP contribution in [0.2, 0.25) is 0 Å². The van der Waals surface area contributed by atoms with Gasteiger partial charge in [-0.15, -0.1) is 0 Å². The van der Waals surface area contributed by atoms with Crippen LogP contribution in [0, 0.1) is 11.3 Å². The maximum atomic E-state index is 11.7. The Bertz CT molecular complexity index is 906. The van der Waals surface area contributed by atoms with E-state index in [9.17, 15) is 9.90 Å². The first kappa shape index (κ1) is 12.8. The molecular formula is C15H11N3O3. The molecule has 0 atom stereocenters. The fourth-order valence-electron chi connectivity index (χ4n) is 2.47. The molecule has 2 aromatic heterocycles. The van der Waals surface area contributed by atoms with E-state index in [1.807, 2.05) is 6.07 Å². The summed E-state index contributed by atoms with van der Waals surface area (Å²) in [5.74, 6) is -0.381. The summed E-state index contributed by atoms with van der Waals surface area (Å²) in [6, 6.07) is 10.2. The number of phenolic OH excluding ortho intramolecular Hbond substituents is 1. The molecule has 0 aliphatic heterocycles. The first-order valence-corrected chi connectivity index (χ1v) is 6.19. The summed E-state index contributed by atoms with van der Waals surface area (Å²) in [5.41, 5.74) is 6.89. The molecule has 21 heavy (non-hydrogen) atoms. The van der Waals surface area contributed by atoms with Crippen molar-refractivity contribution in [1.82, 2.24) is 4.40 Å². The van der Waals surface area contributed by atoms with Gasteiger partial charge >= 0.3 is 0 Å². The Morgan fingerprint density at radius 1 is 1.38 bits per heavy atom. The molecule has 2 heterocycles. The van der Waals surface area contributed by atoms with Crippen molar-refractivity contribution in [2.24, 2.45) is 5.73 Å². The molecule has 3 N–H and O–H groups in total. The number of pyridine rings is 1. The number of rotatable bonds is 3.